The largest absolute Gasteiger partial charge is 0.508 e. The Morgan fingerprint density at radius 1 is 1.25 bits per heavy atom. The fraction of sp³-hybridized carbons (Fsp3) is 0.375. The Balaban J connectivity index is 1.91. The Hall–Kier alpha value is -0.750. The average molecular weight is 399 g/mol. The average Bonchev–Trinajstić information content (AvgIpc) is 2.77. The van der Waals surface area contributed by atoms with Crippen LogP contribution in [0.3, 0.4) is 0 Å². The molecule has 1 aromatic carbocycles. The van der Waals surface area contributed by atoms with E-state index in [1.165, 1.54) is 32.6 Å². The predicted molar refractivity (Wildman–Crippen MR) is 93.9 cm³/mol. The molecule has 3 rings (SSSR count). The van der Waals surface area contributed by atoms with Gasteiger partial charge in [-0.25, -0.2) is 0 Å². The maximum absolute atomic E-state index is 9.76. The molecule has 0 saturated heterocycles. The summed E-state index contributed by atoms with van der Waals surface area (Å²) in [5.74, 6) is 0.377. The highest BCUT2D eigenvalue weighted by molar-refractivity contribution is 14.1. The summed E-state index contributed by atoms with van der Waals surface area (Å²) in [6, 6.07) is 6.62. The molecule has 0 amide bonds. The van der Waals surface area contributed by atoms with E-state index in [1.807, 2.05) is 31.3 Å². The summed E-state index contributed by atoms with van der Waals surface area (Å²) in [5.41, 5.74) is 4.63. The van der Waals surface area contributed by atoms with Crippen molar-refractivity contribution in [2.75, 3.05) is 5.32 Å². The summed E-state index contributed by atoms with van der Waals surface area (Å²) < 4.78 is 1.37. The Labute approximate surface area is 137 Å². The summed E-state index contributed by atoms with van der Waals surface area (Å²) in [6.45, 7) is 3.99. The van der Waals surface area contributed by atoms with Crippen LogP contribution in [-0.4, -0.2) is 5.11 Å². The third kappa shape index (κ3) is 2.68. The Morgan fingerprint density at radius 2 is 2.05 bits per heavy atom. The van der Waals surface area contributed by atoms with Crippen LogP contribution in [0, 0.1) is 16.7 Å². The van der Waals surface area contributed by atoms with E-state index in [4.69, 9.17) is 0 Å². The Kier molecular flexibility index (Phi) is 3.95. The second kappa shape index (κ2) is 5.56. The highest BCUT2D eigenvalue weighted by atomic mass is 127. The molecule has 2 N–H and O–H groups in total. The fourth-order valence-electron chi connectivity index (χ4n) is 2.82. The van der Waals surface area contributed by atoms with Crippen LogP contribution < -0.4 is 5.32 Å². The van der Waals surface area contributed by atoms with E-state index in [0.29, 0.717) is 11.8 Å². The minimum absolute atomic E-state index is 0.377. The van der Waals surface area contributed by atoms with Gasteiger partial charge in [0.2, 0.25) is 0 Å². The number of aromatic hydroxyl groups is 1. The van der Waals surface area contributed by atoms with E-state index in [-0.39, 0.29) is 0 Å². The minimum Gasteiger partial charge on any atom is -0.508 e. The predicted octanol–water partition coefficient (Wildman–Crippen LogP) is 5.16. The smallest absolute Gasteiger partial charge is 0.118 e. The number of aryl methyl sites for hydroxylation is 3. The van der Waals surface area contributed by atoms with Crippen molar-refractivity contribution in [3.63, 3.8) is 0 Å². The normalized spacial score (nSPS) is 17.9. The first-order valence-electron chi connectivity index (χ1n) is 6.89. The maximum Gasteiger partial charge on any atom is 0.118 e. The molecule has 1 unspecified atom stereocenters. The number of halogens is 1. The van der Waals surface area contributed by atoms with E-state index in [1.54, 1.807) is 0 Å². The highest BCUT2D eigenvalue weighted by Crippen LogP contribution is 2.39. The number of hydrogen-bond acceptors (Lipinski definition) is 3. The van der Waals surface area contributed by atoms with Crippen molar-refractivity contribution in [2.45, 2.75) is 39.2 Å². The van der Waals surface area contributed by atoms with Gasteiger partial charge in [0, 0.05) is 10.6 Å². The fourth-order valence-corrected chi connectivity index (χ4v) is 4.94. The molecular formula is C16H18INOS. The Morgan fingerprint density at radius 3 is 2.85 bits per heavy atom. The lowest BCUT2D eigenvalue weighted by molar-refractivity contribution is 0.470. The zero-order valence-electron chi connectivity index (χ0n) is 11.7. The number of thiophene rings is 1. The van der Waals surface area contributed by atoms with Gasteiger partial charge in [0.25, 0.3) is 0 Å². The van der Waals surface area contributed by atoms with Gasteiger partial charge in [0.1, 0.15) is 5.75 Å². The second-order valence-corrected chi connectivity index (χ2v) is 8.50. The van der Waals surface area contributed by atoms with Crippen LogP contribution in [0.1, 0.15) is 40.5 Å². The molecule has 0 radical (unpaired) electrons. The molecule has 0 saturated carbocycles. The van der Waals surface area contributed by atoms with Gasteiger partial charge >= 0.3 is 0 Å². The molecular weight excluding hydrogens is 381 g/mol. The van der Waals surface area contributed by atoms with Gasteiger partial charge in [-0.05, 0) is 90.6 Å². The zero-order chi connectivity index (χ0) is 14.3. The van der Waals surface area contributed by atoms with Crippen molar-refractivity contribution in [1.82, 2.24) is 0 Å². The van der Waals surface area contributed by atoms with Gasteiger partial charge in [-0.1, -0.05) is 0 Å². The van der Waals surface area contributed by atoms with Crippen molar-refractivity contribution in [3.8, 4) is 5.75 Å². The van der Waals surface area contributed by atoms with Crippen LogP contribution in [0.4, 0.5) is 5.69 Å². The zero-order valence-corrected chi connectivity index (χ0v) is 14.6. The summed E-state index contributed by atoms with van der Waals surface area (Å²) in [4.78, 5) is 1.53. The summed E-state index contributed by atoms with van der Waals surface area (Å²) in [6.07, 6.45) is 3.64. The lowest BCUT2D eigenvalue weighted by Crippen LogP contribution is -2.16. The van der Waals surface area contributed by atoms with Crippen LogP contribution in [-0.2, 0) is 6.42 Å². The number of hydrogen-bond donors (Lipinski definition) is 2. The van der Waals surface area contributed by atoms with Gasteiger partial charge in [-0.3, -0.25) is 0 Å². The molecule has 106 valence electrons. The van der Waals surface area contributed by atoms with E-state index in [2.05, 4.69) is 40.0 Å². The lowest BCUT2D eigenvalue weighted by Gasteiger charge is -2.25. The second-order valence-electron chi connectivity index (χ2n) is 5.47. The molecule has 2 aromatic rings. The van der Waals surface area contributed by atoms with Crippen molar-refractivity contribution < 1.29 is 5.11 Å². The SMILES string of the molecule is Cc1cc(NC2CCCc3sc(I)cc32)c(C)cc1O. The molecule has 1 atom stereocenters. The van der Waals surface area contributed by atoms with Gasteiger partial charge in [-0.2, -0.15) is 0 Å². The van der Waals surface area contributed by atoms with Crippen molar-refractivity contribution in [3.05, 3.63) is 42.7 Å². The van der Waals surface area contributed by atoms with Gasteiger partial charge in [0.15, 0.2) is 0 Å². The van der Waals surface area contributed by atoms with Crippen LogP contribution >= 0.6 is 33.9 Å². The van der Waals surface area contributed by atoms with Crippen LogP contribution in [0.2, 0.25) is 0 Å². The molecule has 1 aromatic heterocycles. The molecule has 20 heavy (non-hydrogen) atoms. The molecule has 2 nitrogen and oxygen atoms in total. The van der Waals surface area contributed by atoms with Gasteiger partial charge in [0.05, 0.1) is 8.93 Å². The molecule has 4 heteroatoms. The summed E-state index contributed by atoms with van der Waals surface area (Å²) in [7, 11) is 0. The van der Waals surface area contributed by atoms with Crippen LogP contribution in [0.25, 0.3) is 0 Å². The number of phenolic OH excluding ortho intramolecular Hbond substituents is 1. The van der Waals surface area contributed by atoms with E-state index in [9.17, 15) is 5.11 Å². The number of fused-ring (bicyclic) bond motifs is 1. The molecule has 1 aliphatic carbocycles. The highest BCUT2D eigenvalue weighted by Gasteiger charge is 2.23. The quantitative estimate of drug-likeness (QED) is 0.540. The molecule has 0 bridgehead atoms. The number of anilines is 1. The molecule has 0 fully saturated rings. The third-order valence-electron chi connectivity index (χ3n) is 3.96. The topological polar surface area (TPSA) is 32.3 Å². The molecule has 1 aliphatic rings. The monoisotopic (exact) mass is 399 g/mol. The van der Waals surface area contributed by atoms with Crippen molar-refractivity contribution >= 4 is 39.6 Å². The van der Waals surface area contributed by atoms with E-state index in [0.717, 1.165) is 16.8 Å². The first kappa shape index (κ1) is 14.2. The number of nitrogens with one attached hydrogen (secondary N) is 1. The van der Waals surface area contributed by atoms with Crippen LogP contribution in [0.5, 0.6) is 5.75 Å². The first-order valence-corrected chi connectivity index (χ1v) is 8.79. The van der Waals surface area contributed by atoms with Gasteiger partial charge < -0.3 is 10.4 Å². The van der Waals surface area contributed by atoms with E-state index < -0.39 is 0 Å². The van der Waals surface area contributed by atoms with E-state index >= 15 is 0 Å². The molecule has 1 heterocycles. The number of rotatable bonds is 2. The van der Waals surface area contributed by atoms with Gasteiger partial charge in [-0.15, -0.1) is 11.3 Å². The van der Waals surface area contributed by atoms with Crippen LogP contribution in [0.15, 0.2) is 18.2 Å². The number of phenols is 1. The Bertz CT molecular complexity index is 650. The number of benzene rings is 1. The van der Waals surface area contributed by atoms with Crippen molar-refractivity contribution in [2.24, 2.45) is 0 Å². The summed E-state index contributed by atoms with van der Waals surface area (Å²) in [5, 5.41) is 13.4. The maximum atomic E-state index is 9.76. The first-order chi connectivity index (χ1) is 9.54. The van der Waals surface area contributed by atoms with Crippen molar-refractivity contribution in [1.29, 1.82) is 0 Å². The molecule has 0 aliphatic heterocycles. The molecule has 0 spiro atoms. The third-order valence-corrected chi connectivity index (χ3v) is 5.93. The minimum atomic E-state index is 0.377. The summed E-state index contributed by atoms with van der Waals surface area (Å²) >= 11 is 4.34. The standard InChI is InChI=1S/C16H18INOS/c1-9-7-14(19)10(2)6-13(9)18-12-4-3-5-15-11(12)8-16(17)20-15/h6-8,12,18-19H,3-5H2,1-2H3. The lowest BCUT2D eigenvalue weighted by atomic mass is 9.93.